The highest BCUT2D eigenvalue weighted by Crippen LogP contribution is 2.32. The van der Waals surface area contributed by atoms with E-state index in [0.717, 1.165) is 30.7 Å². The van der Waals surface area contributed by atoms with E-state index in [2.05, 4.69) is 53.4 Å². The van der Waals surface area contributed by atoms with Crippen molar-refractivity contribution in [1.29, 1.82) is 0 Å². The first-order chi connectivity index (χ1) is 11.3. The Labute approximate surface area is 136 Å². The van der Waals surface area contributed by atoms with E-state index in [1.807, 2.05) is 12.1 Å². The maximum atomic E-state index is 9.97. The van der Waals surface area contributed by atoms with E-state index in [0.29, 0.717) is 6.54 Å². The van der Waals surface area contributed by atoms with E-state index in [1.54, 1.807) is 0 Å². The zero-order chi connectivity index (χ0) is 15.6. The summed E-state index contributed by atoms with van der Waals surface area (Å²) < 4.78 is 0. The van der Waals surface area contributed by atoms with Crippen LogP contribution in [0.4, 0.5) is 5.82 Å². The third-order valence-electron chi connectivity index (χ3n) is 4.51. The molecule has 1 N–H and O–H groups in total. The lowest BCUT2D eigenvalue weighted by Crippen LogP contribution is -2.38. The summed E-state index contributed by atoms with van der Waals surface area (Å²) in [6, 6.07) is 20.9. The van der Waals surface area contributed by atoms with Crippen LogP contribution >= 0.6 is 0 Å². The van der Waals surface area contributed by atoms with Gasteiger partial charge in [0.15, 0.2) is 0 Å². The predicted molar refractivity (Wildman–Crippen MR) is 94.6 cm³/mol. The summed E-state index contributed by atoms with van der Waals surface area (Å²) in [7, 11) is 0. The van der Waals surface area contributed by atoms with E-state index in [4.69, 9.17) is 4.98 Å². The highest BCUT2D eigenvalue weighted by Gasteiger charge is 2.20. The van der Waals surface area contributed by atoms with Crippen LogP contribution in [0.2, 0.25) is 0 Å². The number of aromatic nitrogens is 1. The first kappa shape index (κ1) is 14.2. The molecule has 0 bridgehead atoms. The van der Waals surface area contributed by atoms with Crippen molar-refractivity contribution in [3.8, 4) is 11.1 Å². The third kappa shape index (κ3) is 2.80. The zero-order valence-corrected chi connectivity index (χ0v) is 13.0. The zero-order valence-electron chi connectivity index (χ0n) is 13.0. The third-order valence-corrected chi connectivity index (χ3v) is 4.51. The minimum Gasteiger partial charge on any atom is -0.391 e. The molecule has 3 aromatic rings. The first-order valence-corrected chi connectivity index (χ1v) is 8.19. The number of hydrogen-bond acceptors (Lipinski definition) is 3. The van der Waals surface area contributed by atoms with Crippen LogP contribution in [-0.4, -0.2) is 29.3 Å². The minimum absolute atomic E-state index is 0.253. The van der Waals surface area contributed by atoms with Crippen molar-refractivity contribution in [2.45, 2.75) is 18.9 Å². The van der Waals surface area contributed by atoms with Gasteiger partial charge in [-0.15, -0.1) is 0 Å². The molecule has 1 aliphatic rings. The first-order valence-electron chi connectivity index (χ1n) is 8.19. The topological polar surface area (TPSA) is 36.4 Å². The quantitative estimate of drug-likeness (QED) is 0.781. The Morgan fingerprint density at radius 2 is 1.78 bits per heavy atom. The summed E-state index contributed by atoms with van der Waals surface area (Å²) in [5.74, 6) is 0.960. The Morgan fingerprint density at radius 1 is 1.00 bits per heavy atom. The standard InChI is InChI=1S/C20H20N2O/c23-16-9-6-12-22(14-16)20-13-18(15-7-2-1-3-8-15)17-10-4-5-11-19(17)21-20/h1-5,7-8,10-11,13,16,23H,6,9,12,14H2/t16-/m0/s1. The SMILES string of the molecule is O[C@H]1CCCN(c2cc(-c3ccccc3)c3ccccc3n2)C1. The van der Waals surface area contributed by atoms with Gasteiger partial charge in [0, 0.05) is 18.5 Å². The van der Waals surface area contributed by atoms with Crippen molar-refractivity contribution in [2.75, 3.05) is 18.0 Å². The van der Waals surface area contributed by atoms with Crippen molar-refractivity contribution < 1.29 is 5.11 Å². The molecule has 23 heavy (non-hydrogen) atoms. The van der Waals surface area contributed by atoms with Gasteiger partial charge in [-0.3, -0.25) is 0 Å². The van der Waals surface area contributed by atoms with Gasteiger partial charge in [0.25, 0.3) is 0 Å². The summed E-state index contributed by atoms with van der Waals surface area (Å²) in [5, 5.41) is 11.1. The summed E-state index contributed by atoms with van der Waals surface area (Å²) in [5.41, 5.74) is 3.40. The Morgan fingerprint density at radius 3 is 2.61 bits per heavy atom. The van der Waals surface area contributed by atoms with E-state index in [9.17, 15) is 5.11 Å². The Hall–Kier alpha value is -2.39. The molecular formula is C20H20N2O. The fourth-order valence-electron chi connectivity index (χ4n) is 3.34. The normalized spacial score (nSPS) is 18.3. The lowest BCUT2D eigenvalue weighted by molar-refractivity contribution is 0.154. The number of piperidine rings is 1. The fourth-order valence-corrected chi connectivity index (χ4v) is 3.34. The number of rotatable bonds is 2. The summed E-state index contributed by atoms with van der Waals surface area (Å²) in [4.78, 5) is 7.04. The number of hydrogen-bond donors (Lipinski definition) is 1. The number of anilines is 1. The van der Waals surface area contributed by atoms with Crippen LogP contribution in [0.15, 0.2) is 60.7 Å². The van der Waals surface area contributed by atoms with Crippen LogP contribution in [0.1, 0.15) is 12.8 Å². The van der Waals surface area contributed by atoms with Crippen LogP contribution in [0.25, 0.3) is 22.0 Å². The van der Waals surface area contributed by atoms with E-state index in [-0.39, 0.29) is 6.10 Å². The van der Waals surface area contributed by atoms with Gasteiger partial charge in [-0.2, -0.15) is 0 Å². The number of benzene rings is 2. The summed E-state index contributed by atoms with van der Waals surface area (Å²) >= 11 is 0. The second-order valence-corrected chi connectivity index (χ2v) is 6.15. The minimum atomic E-state index is -0.253. The Bertz CT molecular complexity index is 816. The van der Waals surface area contributed by atoms with Gasteiger partial charge in [0.2, 0.25) is 0 Å². The molecule has 2 aromatic carbocycles. The average Bonchev–Trinajstić information content (AvgIpc) is 2.61. The van der Waals surface area contributed by atoms with Gasteiger partial charge in [0.1, 0.15) is 5.82 Å². The predicted octanol–water partition coefficient (Wildman–Crippen LogP) is 3.86. The van der Waals surface area contributed by atoms with Crippen LogP contribution in [0.5, 0.6) is 0 Å². The van der Waals surface area contributed by atoms with Gasteiger partial charge < -0.3 is 10.0 Å². The van der Waals surface area contributed by atoms with Gasteiger partial charge in [-0.1, -0.05) is 48.5 Å². The molecule has 0 radical (unpaired) electrons. The lowest BCUT2D eigenvalue weighted by atomic mass is 10.0. The molecule has 0 unspecified atom stereocenters. The molecule has 3 heteroatoms. The van der Waals surface area contributed by atoms with Gasteiger partial charge in [-0.25, -0.2) is 4.98 Å². The number of para-hydroxylation sites is 1. The molecule has 0 amide bonds. The Kier molecular flexibility index (Phi) is 3.72. The molecule has 1 aliphatic heterocycles. The maximum absolute atomic E-state index is 9.97. The van der Waals surface area contributed by atoms with Crippen molar-refractivity contribution in [1.82, 2.24) is 4.98 Å². The summed E-state index contributed by atoms with van der Waals surface area (Å²) in [6.07, 6.45) is 1.64. The highest BCUT2D eigenvalue weighted by molar-refractivity contribution is 5.96. The molecule has 0 saturated carbocycles. The monoisotopic (exact) mass is 304 g/mol. The second kappa shape index (κ2) is 6.01. The molecule has 1 atom stereocenters. The number of β-amino-alcohol motifs (C(OH)–C–C–N with tert-alkyl or cyclic N) is 1. The molecule has 0 aliphatic carbocycles. The molecule has 1 fully saturated rings. The van der Waals surface area contributed by atoms with Crippen LogP contribution < -0.4 is 4.90 Å². The second-order valence-electron chi connectivity index (χ2n) is 6.15. The molecule has 4 rings (SSSR count). The van der Waals surface area contributed by atoms with E-state index < -0.39 is 0 Å². The number of aliphatic hydroxyl groups is 1. The molecule has 1 saturated heterocycles. The van der Waals surface area contributed by atoms with Gasteiger partial charge in [-0.05, 0) is 36.1 Å². The maximum Gasteiger partial charge on any atom is 0.129 e. The number of pyridine rings is 1. The van der Waals surface area contributed by atoms with Gasteiger partial charge in [0.05, 0.1) is 11.6 Å². The average molecular weight is 304 g/mol. The van der Waals surface area contributed by atoms with Crippen molar-refractivity contribution in [3.63, 3.8) is 0 Å². The summed E-state index contributed by atoms with van der Waals surface area (Å²) in [6.45, 7) is 1.62. The van der Waals surface area contributed by atoms with Crippen molar-refractivity contribution in [3.05, 3.63) is 60.7 Å². The number of aliphatic hydroxyl groups excluding tert-OH is 1. The molecule has 2 heterocycles. The van der Waals surface area contributed by atoms with Crippen molar-refractivity contribution in [2.24, 2.45) is 0 Å². The van der Waals surface area contributed by atoms with E-state index in [1.165, 1.54) is 16.5 Å². The molecule has 116 valence electrons. The molecule has 1 aromatic heterocycles. The molecule has 0 spiro atoms. The van der Waals surface area contributed by atoms with Crippen LogP contribution in [0.3, 0.4) is 0 Å². The Balaban J connectivity index is 1.87. The lowest BCUT2D eigenvalue weighted by Gasteiger charge is -2.31. The largest absolute Gasteiger partial charge is 0.391 e. The van der Waals surface area contributed by atoms with E-state index >= 15 is 0 Å². The molecule has 3 nitrogen and oxygen atoms in total. The number of fused-ring (bicyclic) bond motifs is 1. The smallest absolute Gasteiger partial charge is 0.129 e. The fraction of sp³-hybridized carbons (Fsp3) is 0.250. The number of nitrogens with zero attached hydrogens (tertiary/aromatic N) is 2. The van der Waals surface area contributed by atoms with Crippen molar-refractivity contribution >= 4 is 16.7 Å². The van der Waals surface area contributed by atoms with Crippen LogP contribution in [-0.2, 0) is 0 Å². The highest BCUT2D eigenvalue weighted by atomic mass is 16.3. The molecular weight excluding hydrogens is 284 g/mol. The van der Waals surface area contributed by atoms with Crippen LogP contribution in [0, 0.1) is 0 Å². The van der Waals surface area contributed by atoms with Gasteiger partial charge >= 0.3 is 0 Å².